The van der Waals surface area contributed by atoms with E-state index < -0.39 is 0 Å². The SMILES string of the molecule is Cc1ccc2c(c1)OCC(CC1CCCN1)C2. The van der Waals surface area contributed by atoms with Crippen molar-refractivity contribution in [2.24, 2.45) is 5.92 Å². The molecule has 1 aromatic rings. The largest absolute Gasteiger partial charge is 0.493 e. The van der Waals surface area contributed by atoms with E-state index in [-0.39, 0.29) is 0 Å². The summed E-state index contributed by atoms with van der Waals surface area (Å²) in [6.45, 7) is 4.22. The lowest BCUT2D eigenvalue weighted by atomic mass is 9.90. The summed E-state index contributed by atoms with van der Waals surface area (Å²) < 4.78 is 5.90. The molecule has 2 nitrogen and oxygen atoms in total. The van der Waals surface area contributed by atoms with Gasteiger partial charge in [0.2, 0.25) is 0 Å². The van der Waals surface area contributed by atoms with E-state index in [1.807, 2.05) is 0 Å². The van der Waals surface area contributed by atoms with Gasteiger partial charge in [0.25, 0.3) is 0 Å². The lowest BCUT2D eigenvalue weighted by molar-refractivity contribution is 0.204. The van der Waals surface area contributed by atoms with Crippen LogP contribution in [0.3, 0.4) is 0 Å². The van der Waals surface area contributed by atoms with Crippen molar-refractivity contribution in [3.63, 3.8) is 0 Å². The minimum atomic E-state index is 0.695. The van der Waals surface area contributed by atoms with Gasteiger partial charge in [-0.3, -0.25) is 0 Å². The molecule has 0 bridgehead atoms. The number of fused-ring (bicyclic) bond motifs is 1. The summed E-state index contributed by atoms with van der Waals surface area (Å²) in [4.78, 5) is 0. The Labute approximate surface area is 103 Å². The van der Waals surface area contributed by atoms with Crippen LogP contribution in [0.1, 0.15) is 30.4 Å². The van der Waals surface area contributed by atoms with E-state index in [0.29, 0.717) is 5.92 Å². The van der Waals surface area contributed by atoms with Gasteiger partial charge in [0.05, 0.1) is 6.61 Å². The average Bonchev–Trinajstić information content (AvgIpc) is 2.82. The molecule has 2 unspecified atom stereocenters. The van der Waals surface area contributed by atoms with E-state index in [4.69, 9.17) is 4.74 Å². The number of ether oxygens (including phenoxy) is 1. The first-order valence-corrected chi connectivity index (χ1v) is 6.77. The third-order valence-electron chi connectivity index (χ3n) is 3.99. The highest BCUT2D eigenvalue weighted by molar-refractivity contribution is 5.38. The molecule has 1 aromatic carbocycles. The van der Waals surface area contributed by atoms with Crippen LogP contribution in [0.2, 0.25) is 0 Å². The van der Waals surface area contributed by atoms with Crippen molar-refractivity contribution >= 4 is 0 Å². The highest BCUT2D eigenvalue weighted by atomic mass is 16.5. The van der Waals surface area contributed by atoms with E-state index in [0.717, 1.165) is 18.4 Å². The van der Waals surface area contributed by atoms with Gasteiger partial charge < -0.3 is 10.1 Å². The van der Waals surface area contributed by atoms with E-state index >= 15 is 0 Å². The van der Waals surface area contributed by atoms with Gasteiger partial charge in [0, 0.05) is 6.04 Å². The Hall–Kier alpha value is -1.02. The number of aryl methyl sites for hydroxylation is 1. The molecule has 92 valence electrons. The molecule has 1 saturated heterocycles. The summed E-state index contributed by atoms with van der Waals surface area (Å²) in [7, 11) is 0. The normalized spacial score (nSPS) is 27.6. The Kier molecular flexibility index (Phi) is 3.06. The Morgan fingerprint density at radius 3 is 3.18 bits per heavy atom. The third kappa shape index (κ3) is 2.47. The van der Waals surface area contributed by atoms with E-state index in [9.17, 15) is 0 Å². The molecule has 0 saturated carbocycles. The summed E-state index contributed by atoms with van der Waals surface area (Å²) in [6.07, 6.45) is 5.15. The van der Waals surface area contributed by atoms with Crippen molar-refractivity contribution < 1.29 is 4.74 Å². The van der Waals surface area contributed by atoms with Crippen molar-refractivity contribution in [1.82, 2.24) is 5.32 Å². The predicted molar refractivity (Wildman–Crippen MR) is 69.5 cm³/mol. The maximum atomic E-state index is 5.90. The molecule has 1 fully saturated rings. The number of benzene rings is 1. The molecule has 1 N–H and O–H groups in total. The third-order valence-corrected chi connectivity index (χ3v) is 3.99. The fourth-order valence-electron chi connectivity index (χ4n) is 3.05. The molecule has 2 heteroatoms. The first kappa shape index (κ1) is 11.1. The molecule has 2 aliphatic rings. The van der Waals surface area contributed by atoms with Crippen LogP contribution in [0.15, 0.2) is 18.2 Å². The van der Waals surface area contributed by atoms with Gasteiger partial charge in [-0.15, -0.1) is 0 Å². The van der Waals surface area contributed by atoms with Gasteiger partial charge in [-0.2, -0.15) is 0 Å². The van der Waals surface area contributed by atoms with E-state index in [2.05, 4.69) is 30.4 Å². The zero-order valence-corrected chi connectivity index (χ0v) is 10.5. The molecule has 0 radical (unpaired) electrons. The molecular formula is C15H21NO. The molecule has 2 aliphatic heterocycles. The molecule has 0 amide bonds. The molecule has 0 aliphatic carbocycles. The van der Waals surface area contributed by atoms with Crippen LogP contribution in [0.5, 0.6) is 5.75 Å². The zero-order chi connectivity index (χ0) is 11.7. The zero-order valence-electron chi connectivity index (χ0n) is 10.5. The minimum absolute atomic E-state index is 0.695. The second kappa shape index (κ2) is 4.69. The fraction of sp³-hybridized carbons (Fsp3) is 0.600. The highest BCUT2D eigenvalue weighted by Gasteiger charge is 2.24. The topological polar surface area (TPSA) is 21.3 Å². The molecular weight excluding hydrogens is 210 g/mol. The summed E-state index contributed by atoms with van der Waals surface area (Å²) >= 11 is 0. The van der Waals surface area contributed by atoms with E-state index in [1.165, 1.54) is 43.4 Å². The molecule has 0 spiro atoms. The van der Waals surface area contributed by atoms with Gasteiger partial charge in [0.1, 0.15) is 5.75 Å². The Balaban J connectivity index is 1.65. The number of rotatable bonds is 2. The van der Waals surface area contributed by atoms with E-state index in [1.54, 1.807) is 0 Å². The maximum Gasteiger partial charge on any atom is 0.122 e. The lowest BCUT2D eigenvalue weighted by Crippen LogP contribution is -2.30. The van der Waals surface area contributed by atoms with Crippen LogP contribution in [0.25, 0.3) is 0 Å². The molecule has 2 atom stereocenters. The first-order chi connectivity index (χ1) is 8.31. The fourth-order valence-corrected chi connectivity index (χ4v) is 3.05. The maximum absolute atomic E-state index is 5.90. The second-order valence-corrected chi connectivity index (χ2v) is 5.52. The van der Waals surface area contributed by atoms with Crippen LogP contribution < -0.4 is 10.1 Å². The standard InChI is InChI=1S/C15H21NO/c1-11-4-5-13-8-12(10-17-15(13)7-11)9-14-3-2-6-16-14/h4-5,7,12,14,16H,2-3,6,8-10H2,1H3. The summed E-state index contributed by atoms with van der Waals surface area (Å²) in [6, 6.07) is 7.33. The summed E-state index contributed by atoms with van der Waals surface area (Å²) in [5.74, 6) is 1.81. The molecule has 17 heavy (non-hydrogen) atoms. The van der Waals surface area contributed by atoms with Crippen molar-refractivity contribution in [2.45, 2.75) is 38.6 Å². The summed E-state index contributed by atoms with van der Waals surface area (Å²) in [5, 5.41) is 3.58. The van der Waals surface area contributed by atoms with Crippen LogP contribution in [-0.4, -0.2) is 19.2 Å². The molecule has 3 rings (SSSR count). The second-order valence-electron chi connectivity index (χ2n) is 5.52. The number of hydrogen-bond donors (Lipinski definition) is 1. The van der Waals surface area contributed by atoms with Crippen LogP contribution in [0, 0.1) is 12.8 Å². The minimum Gasteiger partial charge on any atom is -0.493 e. The molecule has 0 aromatic heterocycles. The van der Waals surface area contributed by atoms with Gasteiger partial charge >= 0.3 is 0 Å². The van der Waals surface area contributed by atoms with Crippen molar-refractivity contribution in [3.05, 3.63) is 29.3 Å². The van der Waals surface area contributed by atoms with Crippen LogP contribution in [0.4, 0.5) is 0 Å². The summed E-state index contributed by atoms with van der Waals surface area (Å²) in [5.41, 5.74) is 2.68. The van der Waals surface area contributed by atoms with Crippen LogP contribution >= 0.6 is 0 Å². The lowest BCUT2D eigenvalue weighted by Gasteiger charge is -2.27. The predicted octanol–water partition coefficient (Wildman–Crippen LogP) is 2.69. The Bertz CT molecular complexity index is 396. The Morgan fingerprint density at radius 1 is 1.41 bits per heavy atom. The van der Waals surface area contributed by atoms with Gasteiger partial charge in [-0.05, 0) is 62.3 Å². The van der Waals surface area contributed by atoms with Gasteiger partial charge in [0.15, 0.2) is 0 Å². The van der Waals surface area contributed by atoms with Gasteiger partial charge in [-0.1, -0.05) is 12.1 Å². The van der Waals surface area contributed by atoms with Crippen molar-refractivity contribution in [1.29, 1.82) is 0 Å². The number of nitrogens with one attached hydrogen (secondary N) is 1. The molecule has 2 heterocycles. The monoisotopic (exact) mass is 231 g/mol. The highest BCUT2D eigenvalue weighted by Crippen LogP contribution is 2.30. The quantitative estimate of drug-likeness (QED) is 0.845. The van der Waals surface area contributed by atoms with Gasteiger partial charge in [-0.25, -0.2) is 0 Å². The van der Waals surface area contributed by atoms with Crippen LogP contribution in [-0.2, 0) is 6.42 Å². The number of hydrogen-bond acceptors (Lipinski definition) is 2. The Morgan fingerprint density at radius 2 is 2.35 bits per heavy atom. The average molecular weight is 231 g/mol. The van der Waals surface area contributed by atoms with Crippen molar-refractivity contribution in [3.8, 4) is 5.75 Å². The first-order valence-electron chi connectivity index (χ1n) is 6.77. The van der Waals surface area contributed by atoms with Crippen molar-refractivity contribution in [2.75, 3.05) is 13.2 Å². The smallest absolute Gasteiger partial charge is 0.122 e.